The van der Waals surface area contributed by atoms with E-state index in [0.717, 1.165) is 68.2 Å². The molecule has 30 heavy (non-hydrogen) atoms. The maximum absolute atomic E-state index is 13.0. The summed E-state index contributed by atoms with van der Waals surface area (Å²) >= 11 is 7.52. The Morgan fingerprint density at radius 1 is 1.23 bits per heavy atom. The minimum Gasteiger partial charge on any atom is -0.354 e. The van der Waals surface area contributed by atoms with Gasteiger partial charge in [-0.05, 0) is 50.3 Å². The van der Waals surface area contributed by atoms with E-state index in [2.05, 4.69) is 26.2 Å². The molecule has 1 amide bonds. The number of pyridine rings is 1. The van der Waals surface area contributed by atoms with Gasteiger partial charge in [-0.3, -0.25) is 9.69 Å². The van der Waals surface area contributed by atoms with Crippen LogP contribution in [0.15, 0.2) is 18.3 Å². The first-order valence-corrected chi connectivity index (χ1v) is 11.7. The van der Waals surface area contributed by atoms with Crippen LogP contribution >= 0.6 is 22.9 Å². The number of nitrogens with one attached hydrogen (secondary N) is 1. The standard InChI is InChI=1S/C22H26ClN5OS/c1-15(27-9-11-28(12-10-27)20-8-7-16(23)14-25-20)21(29)26-22-18(13-24)17-5-3-2-4-6-19(17)30-22/h7-8,14-15H,2-6,9-12H2,1H3,(H,26,29). The predicted octanol–water partition coefficient (Wildman–Crippen LogP) is 4.09. The van der Waals surface area contributed by atoms with Gasteiger partial charge in [-0.25, -0.2) is 4.98 Å². The van der Waals surface area contributed by atoms with Crippen molar-refractivity contribution in [3.05, 3.63) is 39.4 Å². The second-order valence-electron chi connectivity index (χ2n) is 7.90. The molecule has 1 unspecified atom stereocenters. The van der Waals surface area contributed by atoms with E-state index in [1.54, 1.807) is 17.5 Å². The van der Waals surface area contributed by atoms with Crippen LogP contribution in [-0.4, -0.2) is 48.0 Å². The lowest BCUT2D eigenvalue weighted by Crippen LogP contribution is -2.53. The second-order valence-corrected chi connectivity index (χ2v) is 9.44. The maximum Gasteiger partial charge on any atom is 0.242 e. The van der Waals surface area contributed by atoms with E-state index in [0.29, 0.717) is 10.6 Å². The van der Waals surface area contributed by atoms with Crippen LogP contribution in [-0.2, 0) is 17.6 Å². The van der Waals surface area contributed by atoms with Gasteiger partial charge in [0, 0.05) is 37.3 Å². The molecule has 2 aromatic heterocycles. The molecule has 1 aliphatic carbocycles. The first kappa shape index (κ1) is 21.1. The number of fused-ring (bicyclic) bond motifs is 1. The number of amides is 1. The van der Waals surface area contributed by atoms with Gasteiger partial charge in [0.05, 0.1) is 16.6 Å². The summed E-state index contributed by atoms with van der Waals surface area (Å²) in [6.07, 6.45) is 7.11. The second kappa shape index (κ2) is 9.34. The number of carbonyl (C=O) groups is 1. The quantitative estimate of drug-likeness (QED) is 0.720. The van der Waals surface area contributed by atoms with Gasteiger partial charge < -0.3 is 10.2 Å². The molecule has 0 radical (unpaired) electrons. The molecule has 2 aromatic rings. The predicted molar refractivity (Wildman–Crippen MR) is 121 cm³/mol. The van der Waals surface area contributed by atoms with Crippen molar-refractivity contribution in [3.8, 4) is 6.07 Å². The summed E-state index contributed by atoms with van der Waals surface area (Å²) in [5, 5.41) is 14.1. The molecule has 4 rings (SSSR count). The topological polar surface area (TPSA) is 72.3 Å². The summed E-state index contributed by atoms with van der Waals surface area (Å²) in [5.74, 6) is 0.871. The summed E-state index contributed by atoms with van der Waals surface area (Å²) in [7, 11) is 0. The number of aryl methyl sites for hydroxylation is 1. The molecular formula is C22H26ClN5OS. The third-order valence-corrected chi connectivity index (χ3v) is 7.48. The lowest BCUT2D eigenvalue weighted by atomic mass is 10.1. The zero-order chi connectivity index (χ0) is 21.1. The van der Waals surface area contributed by atoms with Crippen molar-refractivity contribution in [2.24, 2.45) is 0 Å². The largest absolute Gasteiger partial charge is 0.354 e. The van der Waals surface area contributed by atoms with Crippen LogP contribution in [0, 0.1) is 11.3 Å². The molecule has 0 bridgehead atoms. The number of thiophene rings is 1. The Hall–Kier alpha value is -2.14. The number of halogens is 1. The fourth-order valence-electron chi connectivity index (χ4n) is 4.22. The molecule has 3 heterocycles. The number of nitrogens with zero attached hydrogens (tertiary/aromatic N) is 4. The molecule has 1 fully saturated rings. The molecule has 1 saturated heterocycles. The van der Waals surface area contributed by atoms with E-state index in [9.17, 15) is 10.1 Å². The number of carbonyl (C=O) groups excluding carboxylic acids is 1. The first-order valence-electron chi connectivity index (χ1n) is 10.5. The normalized spacial score (nSPS) is 18.2. The zero-order valence-corrected chi connectivity index (χ0v) is 18.7. The lowest BCUT2D eigenvalue weighted by molar-refractivity contribution is -0.120. The number of anilines is 2. The van der Waals surface area contributed by atoms with Crippen molar-refractivity contribution in [2.75, 3.05) is 36.4 Å². The van der Waals surface area contributed by atoms with Crippen LogP contribution in [0.4, 0.5) is 10.8 Å². The minimum atomic E-state index is -0.251. The van der Waals surface area contributed by atoms with Crippen LogP contribution in [0.1, 0.15) is 42.2 Å². The average Bonchev–Trinajstić information content (AvgIpc) is 2.92. The molecule has 0 saturated carbocycles. The highest BCUT2D eigenvalue weighted by atomic mass is 35.5. The number of piperazine rings is 1. The fraction of sp³-hybridized carbons (Fsp3) is 0.500. The minimum absolute atomic E-state index is 0.0408. The van der Waals surface area contributed by atoms with E-state index in [4.69, 9.17) is 11.6 Å². The third-order valence-electron chi connectivity index (χ3n) is 6.05. The monoisotopic (exact) mass is 443 g/mol. The number of hydrogen-bond donors (Lipinski definition) is 1. The van der Waals surface area contributed by atoms with Crippen LogP contribution in [0.25, 0.3) is 0 Å². The summed E-state index contributed by atoms with van der Waals surface area (Å²) in [5.41, 5.74) is 1.84. The Bertz CT molecular complexity index is 944. The lowest BCUT2D eigenvalue weighted by Gasteiger charge is -2.37. The Morgan fingerprint density at radius 2 is 2.00 bits per heavy atom. The molecule has 0 aromatic carbocycles. The van der Waals surface area contributed by atoms with Crippen LogP contribution in [0.5, 0.6) is 0 Å². The van der Waals surface area contributed by atoms with Gasteiger partial charge in [0.1, 0.15) is 16.9 Å². The van der Waals surface area contributed by atoms with Gasteiger partial charge in [-0.15, -0.1) is 11.3 Å². The summed E-state index contributed by atoms with van der Waals surface area (Å²) < 4.78 is 0. The average molecular weight is 444 g/mol. The number of aromatic nitrogens is 1. The number of rotatable bonds is 4. The van der Waals surface area contributed by atoms with E-state index in [1.807, 2.05) is 19.1 Å². The van der Waals surface area contributed by atoms with Crippen molar-refractivity contribution in [3.63, 3.8) is 0 Å². The molecule has 0 spiro atoms. The first-order chi connectivity index (χ1) is 14.6. The van der Waals surface area contributed by atoms with Crippen molar-refractivity contribution < 1.29 is 4.79 Å². The van der Waals surface area contributed by atoms with Crippen LogP contribution in [0.3, 0.4) is 0 Å². The molecular weight excluding hydrogens is 418 g/mol. The SMILES string of the molecule is CC(C(=O)Nc1sc2c(c1C#N)CCCCC2)N1CCN(c2ccc(Cl)cn2)CC1. The highest BCUT2D eigenvalue weighted by Crippen LogP contribution is 2.37. The highest BCUT2D eigenvalue weighted by Gasteiger charge is 2.28. The van der Waals surface area contributed by atoms with Gasteiger partial charge in [-0.1, -0.05) is 18.0 Å². The van der Waals surface area contributed by atoms with E-state index < -0.39 is 0 Å². The molecule has 158 valence electrons. The van der Waals surface area contributed by atoms with E-state index >= 15 is 0 Å². The van der Waals surface area contributed by atoms with Crippen molar-refractivity contribution in [1.82, 2.24) is 9.88 Å². The van der Waals surface area contributed by atoms with Crippen LogP contribution in [0.2, 0.25) is 5.02 Å². The Kier molecular flexibility index (Phi) is 6.57. The highest BCUT2D eigenvalue weighted by molar-refractivity contribution is 7.16. The summed E-state index contributed by atoms with van der Waals surface area (Å²) in [6, 6.07) is 5.87. The zero-order valence-electron chi connectivity index (χ0n) is 17.2. The molecule has 1 N–H and O–H groups in total. The van der Waals surface area contributed by atoms with E-state index in [1.165, 1.54) is 11.3 Å². The number of hydrogen-bond acceptors (Lipinski definition) is 6. The smallest absolute Gasteiger partial charge is 0.242 e. The van der Waals surface area contributed by atoms with Gasteiger partial charge in [0.2, 0.25) is 5.91 Å². The Morgan fingerprint density at radius 3 is 2.70 bits per heavy atom. The Balaban J connectivity index is 1.38. The van der Waals surface area contributed by atoms with Crippen molar-refractivity contribution >= 4 is 39.7 Å². The third kappa shape index (κ3) is 4.46. The van der Waals surface area contributed by atoms with E-state index in [-0.39, 0.29) is 11.9 Å². The van der Waals surface area contributed by atoms with Crippen molar-refractivity contribution in [1.29, 1.82) is 5.26 Å². The fourth-order valence-corrected chi connectivity index (χ4v) is 5.58. The summed E-state index contributed by atoms with van der Waals surface area (Å²) in [6.45, 7) is 5.12. The van der Waals surface area contributed by atoms with Crippen LogP contribution < -0.4 is 10.2 Å². The molecule has 1 aliphatic heterocycles. The van der Waals surface area contributed by atoms with Gasteiger partial charge in [0.15, 0.2) is 0 Å². The molecule has 6 nitrogen and oxygen atoms in total. The summed E-state index contributed by atoms with van der Waals surface area (Å²) in [4.78, 5) is 23.0. The Labute approximate surface area is 186 Å². The number of nitriles is 1. The molecule has 2 aliphatic rings. The van der Waals surface area contributed by atoms with Gasteiger partial charge >= 0.3 is 0 Å². The molecule has 8 heteroatoms. The van der Waals surface area contributed by atoms with Gasteiger partial charge in [-0.2, -0.15) is 5.26 Å². The van der Waals surface area contributed by atoms with Crippen molar-refractivity contribution in [2.45, 2.75) is 45.1 Å². The van der Waals surface area contributed by atoms with Gasteiger partial charge in [0.25, 0.3) is 0 Å². The molecule has 1 atom stereocenters. The maximum atomic E-state index is 13.0.